The number of fused-ring (bicyclic) bond motifs is 5. The molecule has 0 bridgehead atoms. The van der Waals surface area contributed by atoms with Crippen molar-refractivity contribution in [1.82, 2.24) is 0 Å². The lowest BCUT2D eigenvalue weighted by Crippen LogP contribution is -2.54. The van der Waals surface area contributed by atoms with E-state index in [1.165, 1.54) is 5.57 Å². The van der Waals surface area contributed by atoms with Gasteiger partial charge < -0.3 is 10.2 Å². The van der Waals surface area contributed by atoms with Gasteiger partial charge in [-0.2, -0.15) is 0 Å². The standard InChI is InChI=1S/C20H26O3/c1-3-20(23)18(22)11-17-16-6-4-12-10-13(21)5-7-14(12)15(16)8-9-19(17,20)2/h1,10,14-18,22-23H,4-9,11H2,2H3/t14-,15+,16+,17-,18+,19-,20+/m0/s1. The number of rotatable bonds is 0. The van der Waals surface area contributed by atoms with E-state index in [0.717, 1.165) is 32.1 Å². The first-order valence-corrected chi connectivity index (χ1v) is 9.02. The Balaban J connectivity index is 1.67. The van der Waals surface area contributed by atoms with Crippen LogP contribution in [0.4, 0.5) is 0 Å². The van der Waals surface area contributed by atoms with Gasteiger partial charge in [-0.15, -0.1) is 6.42 Å². The Bertz CT molecular complexity index is 615. The van der Waals surface area contributed by atoms with Gasteiger partial charge in [0, 0.05) is 11.8 Å². The highest BCUT2D eigenvalue weighted by atomic mass is 16.3. The number of aliphatic hydroxyl groups is 2. The summed E-state index contributed by atoms with van der Waals surface area (Å²) in [5.74, 6) is 4.75. The number of carbonyl (C=O) groups is 1. The van der Waals surface area contributed by atoms with Crippen LogP contribution in [0.2, 0.25) is 0 Å². The largest absolute Gasteiger partial charge is 0.389 e. The third-order valence-electron chi connectivity index (χ3n) is 7.74. The summed E-state index contributed by atoms with van der Waals surface area (Å²) in [5.41, 5.74) is -0.410. The predicted molar refractivity (Wildman–Crippen MR) is 87.3 cm³/mol. The van der Waals surface area contributed by atoms with Crippen LogP contribution in [-0.2, 0) is 4.79 Å². The van der Waals surface area contributed by atoms with Crippen molar-refractivity contribution < 1.29 is 15.0 Å². The Kier molecular flexibility index (Phi) is 3.31. The summed E-state index contributed by atoms with van der Waals surface area (Å²) in [6, 6.07) is 0. The molecule has 0 radical (unpaired) electrons. The van der Waals surface area contributed by atoms with Gasteiger partial charge in [0.25, 0.3) is 0 Å². The summed E-state index contributed by atoms with van der Waals surface area (Å²) in [7, 11) is 0. The van der Waals surface area contributed by atoms with E-state index in [4.69, 9.17) is 6.42 Å². The van der Waals surface area contributed by atoms with Crippen LogP contribution in [0.1, 0.15) is 51.9 Å². The first kappa shape index (κ1) is 15.4. The Hall–Kier alpha value is -1.11. The molecule has 0 aromatic heterocycles. The zero-order valence-corrected chi connectivity index (χ0v) is 13.8. The number of aliphatic hydroxyl groups excluding tert-OH is 1. The van der Waals surface area contributed by atoms with Gasteiger partial charge in [0.15, 0.2) is 11.4 Å². The van der Waals surface area contributed by atoms with Crippen molar-refractivity contribution in [2.45, 2.75) is 63.6 Å². The summed E-state index contributed by atoms with van der Waals surface area (Å²) in [6.07, 6.45) is 13.0. The van der Waals surface area contributed by atoms with Gasteiger partial charge >= 0.3 is 0 Å². The highest BCUT2D eigenvalue weighted by molar-refractivity contribution is 5.91. The van der Waals surface area contributed by atoms with E-state index in [9.17, 15) is 15.0 Å². The Morgan fingerprint density at radius 3 is 2.78 bits per heavy atom. The number of hydrogen-bond donors (Lipinski definition) is 2. The van der Waals surface area contributed by atoms with E-state index in [1.54, 1.807) is 0 Å². The van der Waals surface area contributed by atoms with Crippen LogP contribution in [0.5, 0.6) is 0 Å². The Labute approximate surface area is 138 Å². The summed E-state index contributed by atoms with van der Waals surface area (Å²) >= 11 is 0. The average molecular weight is 314 g/mol. The van der Waals surface area contributed by atoms with Crippen molar-refractivity contribution in [1.29, 1.82) is 0 Å². The second-order valence-electron chi connectivity index (χ2n) is 8.42. The van der Waals surface area contributed by atoms with E-state index in [-0.39, 0.29) is 17.1 Å². The zero-order chi connectivity index (χ0) is 16.4. The molecule has 4 rings (SSSR count). The van der Waals surface area contributed by atoms with E-state index < -0.39 is 11.7 Å². The molecule has 3 saturated carbocycles. The SMILES string of the molecule is C#C[C@@]1(O)[C@H](O)C[C@H]2[C@@H]3CCC4=CC(=O)CC[C@@H]4[C@H]3CC[C@@]21C. The molecule has 23 heavy (non-hydrogen) atoms. The number of hydrogen-bond acceptors (Lipinski definition) is 3. The van der Waals surface area contributed by atoms with Gasteiger partial charge in [-0.25, -0.2) is 0 Å². The number of carbonyl (C=O) groups excluding carboxylic acids is 1. The lowest BCUT2D eigenvalue weighted by Gasteiger charge is -2.54. The molecule has 7 atom stereocenters. The van der Waals surface area contributed by atoms with Crippen LogP contribution in [0, 0.1) is 41.4 Å². The molecular weight excluding hydrogens is 288 g/mol. The van der Waals surface area contributed by atoms with Crippen molar-refractivity contribution in [2.75, 3.05) is 0 Å². The second kappa shape index (κ2) is 4.94. The molecule has 3 fully saturated rings. The van der Waals surface area contributed by atoms with Gasteiger partial charge in [0.05, 0.1) is 6.10 Å². The van der Waals surface area contributed by atoms with Crippen molar-refractivity contribution in [3.63, 3.8) is 0 Å². The third kappa shape index (κ3) is 1.88. The number of terminal acetylenes is 1. The van der Waals surface area contributed by atoms with Gasteiger partial charge in [0.1, 0.15) is 0 Å². The quantitative estimate of drug-likeness (QED) is 0.675. The van der Waals surface area contributed by atoms with E-state index in [2.05, 4.69) is 12.8 Å². The molecule has 0 heterocycles. The summed E-state index contributed by atoms with van der Waals surface area (Å²) in [4.78, 5) is 11.7. The van der Waals surface area contributed by atoms with E-state index in [1.807, 2.05) is 6.08 Å². The van der Waals surface area contributed by atoms with E-state index >= 15 is 0 Å². The van der Waals surface area contributed by atoms with Gasteiger partial charge in [-0.1, -0.05) is 18.4 Å². The van der Waals surface area contributed by atoms with Crippen LogP contribution in [0.15, 0.2) is 11.6 Å². The van der Waals surface area contributed by atoms with Crippen LogP contribution in [0.3, 0.4) is 0 Å². The molecule has 0 unspecified atom stereocenters. The van der Waals surface area contributed by atoms with Crippen LogP contribution < -0.4 is 0 Å². The van der Waals surface area contributed by atoms with Crippen molar-refractivity contribution in [3.8, 4) is 12.3 Å². The highest BCUT2D eigenvalue weighted by Gasteiger charge is 2.65. The molecule has 0 aromatic rings. The number of ketones is 1. The second-order valence-corrected chi connectivity index (χ2v) is 8.42. The molecule has 3 heteroatoms. The molecule has 0 amide bonds. The molecular formula is C20H26O3. The fraction of sp³-hybridized carbons (Fsp3) is 0.750. The molecule has 3 nitrogen and oxygen atoms in total. The molecule has 4 aliphatic carbocycles. The van der Waals surface area contributed by atoms with Crippen molar-refractivity contribution in [2.24, 2.45) is 29.1 Å². The lowest BCUT2D eigenvalue weighted by molar-refractivity contribution is -0.118. The Morgan fingerprint density at radius 1 is 1.26 bits per heavy atom. The third-order valence-corrected chi connectivity index (χ3v) is 7.74. The first-order chi connectivity index (χ1) is 10.9. The van der Waals surface area contributed by atoms with Crippen LogP contribution >= 0.6 is 0 Å². The molecule has 124 valence electrons. The molecule has 2 N–H and O–H groups in total. The maximum absolute atomic E-state index is 11.7. The normalized spacial score (nSPS) is 52.0. The maximum Gasteiger partial charge on any atom is 0.156 e. The predicted octanol–water partition coefficient (Wildman–Crippen LogP) is 2.46. The Morgan fingerprint density at radius 2 is 2.04 bits per heavy atom. The molecule has 0 saturated heterocycles. The molecule has 4 aliphatic rings. The summed E-state index contributed by atoms with van der Waals surface area (Å²) in [6.45, 7) is 2.08. The van der Waals surface area contributed by atoms with E-state index in [0.29, 0.717) is 30.6 Å². The maximum atomic E-state index is 11.7. The van der Waals surface area contributed by atoms with Gasteiger partial charge in [-0.05, 0) is 68.3 Å². The fourth-order valence-electron chi connectivity index (χ4n) is 6.46. The fourth-order valence-corrected chi connectivity index (χ4v) is 6.46. The zero-order valence-electron chi connectivity index (χ0n) is 13.8. The van der Waals surface area contributed by atoms with Crippen molar-refractivity contribution >= 4 is 5.78 Å². The lowest BCUT2D eigenvalue weighted by atomic mass is 9.50. The minimum absolute atomic E-state index is 0.286. The molecule has 0 aliphatic heterocycles. The van der Waals surface area contributed by atoms with Crippen LogP contribution in [0.25, 0.3) is 0 Å². The van der Waals surface area contributed by atoms with Gasteiger partial charge in [-0.3, -0.25) is 4.79 Å². The number of allylic oxidation sites excluding steroid dienone is 1. The minimum Gasteiger partial charge on any atom is -0.389 e. The van der Waals surface area contributed by atoms with Crippen molar-refractivity contribution in [3.05, 3.63) is 11.6 Å². The smallest absolute Gasteiger partial charge is 0.156 e. The minimum atomic E-state index is -1.39. The summed E-state index contributed by atoms with van der Waals surface area (Å²) in [5, 5.41) is 21.4. The highest BCUT2D eigenvalue weighted by Crippen LogP contribution is 2.64. The van der Waals surface area contributed by atoms with Crippen LogP contribution in [-0.4, -0.2) is 27.7 Å². The average Bonchev–Trinajstić information content (AvgIpc) is 2.75. The summed E-state index contributed by atoms with van der Waals surface area (Å²) < 4.78 is 0. The topological polar surface area (TPSA) is 57.5 Å². The monoisotopic (exact) mass is 314 g/mol. The molecule has 0 spiro atoms. The van der Waals surface area contributed by atoms with Gasteiger partial charge in [0.2, 0.25) is 0 Å². The molecule has 0 aromatic carbocycles. The first-order valence-electron chi connectivity index (χ1n) is 9.02.